The fraction of sp³-hybridized carbons (Fsp3) is 0.333. The van der Waals surface area contributed by atoms with Crippen molar-refractivity contribution < 1.29 is 9.53 Å². The summed E-state index contributed by atoms with van der Waals surface area (Å²) in [6, 6.07) is 15.5. The lowest BCUT2D eigenvalue weighted by Crippen LogP contribution is -2.25. The van der Waals surface area contributed by atoms with Crippen molar-refractivity contribution in [1.82, 2.24) is 14.9 Å². The number of hydrogen-bond donors (Lipinski definition) is 1. The zero-order valence-electron chi connectivity index (χ0n) is 15.3. The normalized spacial score (nSPS) is 11.2. The van der Waals surface area contributed by atoms with Crippen molar-refractivity contribution in [2.24, 2.45) is 5.92 Å². The lowest BCUT2D eigenvalue weighted by atomic mass is 10.2. The Labute approximate surface area is 154 Å². The van der Waals surface area contributed by atoms with E-state index in [0.29, 0.717) is 24.6 Å². The second-order valence-electron chi connectivity index (χ2n) is 6.73. The van der Waals surface area contributed by atoms with Gasteiger partial charge in [-0.1, -0.05) is 26.0 Å². The van der Waals surface area contributed by atoms with Crippen LogP contribution < -0.4 is 5.32 Å². The van der Waals surface area contributed by atoms with Crippen LogP contribution in [-0.4, -0.2) is 35.2 Å². The largest absolute Gasteiger partial charge is 0.381 e. The smallest absolute Gasteiger partial charge is 0.251 e. The first-order valence-corrected chi connectivity index (χ1v) is 9.03. The van der Waals surface area contributed by atoms with Crippen LogP contribution >= 0.6 is 0 Å². The van der Waals surface area contributed by atoms with Gasteiger partial charge in [0.15, 0.2) is 0 Å². The van der Waals surface area contributed by atoms with Crippen molar-refractivity contribution in [2.45, 2.75) is 20.3 Å². The van der Waals surface area contributed by atoms with Gasteiger partial charge in [0.25, 0.3) is 5.91 Å². The van der Waals surface area contributed by atoms with Crippen LogP contribution in [0.5, 0.6) is 0 Å². The second kappa shape index (κ2) is 8.63. The van der Waals surface area contributed by atoms with Gasteiger partial charge in [-0.05, 0) is 48.7 Å². The molecule has 0 bridgehead atoms. The molecule has 0 aliphatic carbocycles. The third-order valence-corrected chi connectivity index (χ3v) is 4.06. The Balaban J connectivity index is 1.55. The quantitative estimate of drug-likeness (QED) is 0.628. The van der Waals surface area contributed by atoms with E-state index in [1.165, 1.54) is 0 Å². The predicted octanol–water partition coefficient (Wildman–Crippen LogP) is 3.82. The molecule has 5 nitrogen and oxygen atoms in total. The number of carbonyl (C=O) groups excluding carboxylic acids is 1. The zero-order valence-corrected chi connectivity index (χ0v) is 15.3. The van der Waals surface area contributed by atoms with Crippen LogP contribution in [0, 0.1) is 5.92 Å². The standard InChI is InChI=1S/C21H25N3O2/c1-16(2)14-26-13-5-12-22-21(25)17-8-10-18(11-9-17)24-15-23-19-6-3-4-7-20(19)24/h3-4,6-11,15-16H,5,12-14H2,1-2H3,(H,22,25). The Morgan fingerprint density at radius 2 is 1.92 bits per heavy atom. The minimum Gasteiger partial charge on any atom is -0.381 e. The van der Waals surface area contributed by atoms with Crippen LogP contribution in [0.1, 0.15) is 30.6 Å². The molecule has 3 aromatic rings. The highest BCUT2D eigenvalue weighted by Gasteiger charge is 2.07. The average Bonchev–Trinajstić information content (AvgIpc) is 3.08. The second-order valence-corrected chi connectivity index (χ2v) is 6.73. The van der Waals surface area contributed by atoms with Gasteiger partial charge in [0.1, 0.15) is 6.33 Å². The molecule has 1 heterocycles. The van der Waals surface area contributed by atoms with Crippen LogP contribution in [0.4, 0.5) is 0 Å². The van der Waals surface area contributed by atoms with Crippen LogP contribution in [0.3, 0.4) is 0 Å². The summed E-state index contributed by atoms with van der Waals surface area (Å²) in [4.78, 5) is 16.6. The highest BCUT2D eigenvalue weighted by molar-refractivity contribution is 5.94. The van der Waals surface area contributed by atoms with Crippen LogP contribution in [0.25, 0.3) is 16.7 Å². The zero-order chi connectivity index (χ0) is 18.4. The number of nitrogens with one attached hydrogen (secondary N) is 1. The van der Waals surface area contributed by atoms with Crippen molar-refractivity contribution >= 4 is 16.9 Å². The molecular weight excluding hydrogens is 326 g/mol. The third kappa shape index (κ3) is 4.49. The fourth-order valence-corrected chi connectivity index (χ4v) is 2.74. The summed E-state index contributed by atoms with van der Waals surface area (Å²) < 4.78 is 7.53. The van der Waals surface area contributed by atoms with Gasteiger partial charge >= 0.3 is 0 Å². The van der Waals surface area contributed by atoms with E-state index >= 15 is 0 Å². The number of amides is 1. The summed E-state index contributed by atoms with van der Waals surface area (Å²) in [6.45, 7) is 6.30. The number of hydrogen-bond acceptors (Lipinski definition) is 3. The highest BCUT2D eigenvalue weighted by atomic mass is 16.5. The van der Waals surface area contributed by atoms with E-state index in [4.69, 9.17) is 4.74 Å². The van der Waals surface area contributed by atoms with Gasteiger partial charge in [0, 0.05) is 31.0 Å². The highest BCUT2D eigenvalue weighted by Crippen LogP contribution is 2.18. The van der Waals surface area contributed by atoms with E-state index in [1.807, 2.05) is 53.1 Å². The molecule has 0 fully saturated rings. The lowest BCUT2D eigenvalue weighted by molar-refractivity contribution is 0.0925. The number of carbonyl (C=O) groups is 1. The van der Waals surface area contributed by atoms with Gasteiger partial charge in [-0.15, -0.1) is 0 Å². The number of ether oxygens (including phenoxy) is 1. The first-order chi connectivity index (χ1) is 12.6. The monoisotopic (exact) mass is 351 g/mol. The number of aromatic nitrogens is 2. The van der Waals surface area contributed by atoms with E-state index < -0.39 is 0 Å². The van der Waals surface area contributed by atoms with Crippen molar-refractivity contribution in [3.63, 3.8) is 0 Å². The molecule has 0 saturated heterocycles. The minimum absolute atomic E-state index is 0.0594. The first kappa shape index (κ1) is 18.1. The molecule has 0 aliphatic rings. The number of benzene rings is 2. The van der Waals surface area contributed by atoms with Gasteiger partial charge < -0.3 is 10.1 Å². The van der Waals surface area contributed by atoms with Crippen molar-refractivity contribution in [3.05, 3.63) is 60.4 Å². The molecule has 5 heteroatoms. The Morgan fingerprint density at radius 3 is 2.69 bits per heavy atom. The molecule has 136 valence electrons. The molecule has 0 unspecified atom stereocenters. The molecule has 2 aromatic carbocycles. The maximum absolute atomic E-state index is 12.2. The van der Waals surface area contributed by atoms with Crippen LogP contribution in [0.2, 0.25) is 0 Å². The molecule has 0 radical (unpaired) electrons. The van der Waals surface area contributed by atoms with Crippen molar-refractivity contribution in [1.29, 1.82) is 0 Å². The van der Waals surface area contributed by atoms with Gasteiger partial charge in [0.05, 0.1) is 11.0 Å². The fourth-order valence-electron chi connectivity index (χ4n) is 2.74. The minimum atomic E-state index is -0.0594. The summed E-state index contributed by atoms with van der Waals surface area (Å²) in [7, 11) is 0. The number of imidazole rings is 1. The van der Waals surface area contributed by atoms with Crippen molar-refractivity contribution in [2.75, 3.05) is 19.8 Å². The Bertz CT molecular complexity index is 853. The summed E-state index contributed by atoms with van der Waals surface area (Å²) in [5.41, 5.74) is 3.64. The van der Waals surface area contributed by atoms with E-state index in [-0.39, 0.29) is 5.91 Å². The number of rotatable bonds is 8. The maximum Gasteiger partial charge on any atom is 0.251 e. The molecule has 3 rings (SSSR count). The number of fused-ring (bicyclic) bond motifs is 1. The molecular formula is C21H25N3O2. The first-order valence-electron chi connectivity index (χ1n) is 9.03. The molecule has 1 N–H and O–H groups in total. The van der Waals surface area contributed by atoms with Gasteiger partial charge in [-0.2, -0.15) is 0 Å². The van der Waals surface area contributed by atoms with Gasteiger partial charge in [0.2, 0.25) is 0 Å². The van der Waals surface area contributed by atoms with E-state index in [9.17, 15) is 4.79 Å². The molecule has 1 amide bonds. The van der Waals surface area contributed by atoms with E-state index in [0.717, 1.165) is 29.7 Å². The SMILES string of the molecule is CC(C)COCCCNC(=O)c1ccc(-n2cnc3ccccc32)cc1. The summed E-state index contributed by atoms with van der Waals surface area (Å²) in [5, 5.41) is 2.93. The molecule has 0 aliphatic heterocycles. The maximum atomic E-state index is 12.2. The molecule has 0 atom stereocenters. The topological polar surface area (TPSA) is 56.1 Å². The molecule has 0 saturated carbocycles. The van der Waals surface area contributed by atoms with Crippen LogP contribution in [0.15, 0.2) is 54.9 Å². The summed E-state index contributed by atoms with van der Waals surface area (Å²) in [6.07, 6.45) is 2.62. The molecule has 26 heavy (non-hydrogen) atoms. The lowest BCUT2D eigenvalue weighted by Gasteiger charge is -2.09. The van der Waals surface area contributed by atoms with E-state index in [2.05, 4.69) is 24.1 Å². The van der Waals surface area contributed by atoms with E-state index in [1.54, 1.807) is 6.33 Å². The Kier molecular flexibility index (Phi) is 6.02. The Morgan fingerprint density at radius 1 is 1.15 bits per heavy atom. The Hall–Kier alpha value is -2.66. The predicted molar refractivity (Wildman–Crippen MR) is 104 cm³/mol. The molecule has 0 spiro atoms. The van der Waals surface area contributed by atoms with Gasteiger partial charge in [-0.3, -0.25) is 9.36 Å². The van der Waals surface area contributed by atoms with Crippen molar-refractivity contribution in [3.8, 4) is 5.69 Å². The number of nitrogens with zero attached hydrogens (tertiary/aromatic N) is 2. The summed E-state index contributed by atoms with van der Waals surface area (Å²) in [5.74, 6) is 0.478. The summed E-state index contributed by atoms with van der Waals surface area (Å²) >= 11 is 0. The van der Waals surface area contributed by atoms with Gasteiger partial charge in [-0.25, -0.2) is 4.98 Å². The average molecular weight is 351 g/mol. The number of para-hydroxylation sites is 2. The molecule has 1 aromatic heterocycles. The third-order valence-electron chi connectivity index (χ3n) is 4.06. The van der Waals surface area contributed by atoms with Crippen LogP contribution in [-0.2, 0) is 4.74 Å².